The number of carbonyl (C=O) groups is 2. The predicted molar refractivity (Wildman–Crippen MR) is 141 cm³/mol. The fourth-order valence-electron chi connectivity index (χ4n) is 4.82. The average molecular weight is 513 g/mol. The molecular weight excluding hydrogens is 472 g/mol. The molecule has 8 heteroatoms. The Morgan fingerprint density at radius 3 is 2.08 bits per heavy atom. The van der Waals surface area contributed by atoms with Crippen molar-refractivity contribution >= 4 is 12.2 Å². The molecule has 2 heterocycles. The molecule has 0 aromatic heterocycles. The van der Waals surface area contributed by atoms with Crippen LogP contribution >= 0.6 is 0 Å². The van der Waals surface area contributed by atoms with Gasteiger partial charge in [0, 0.05) is 24.6 Å². The molecule has 4 rings (SSSR count). The molecule has 2 unspecified atom stereocenters. The maximum absolute atomic E-state index is 12.8. The van der Waals surface area contributed by atoms with Crippen molar-refractivity contribution < 1.29 is 28.5 Å². The van der Waals surface area contributed by atoms with Crippen molar-refractivity contribution in [2.45, 2.75) is 77.4 Å². The highest BCUT2D eigenvalue weighted by molar-refractivity contribution is 5.74. The summed E-state index contributed by atoms with van der Waals surface area (Å²) in [6.07, 6.45) is 7.04. The molecule has 1 aromatic carbocycles. The molecule has 0 radical (unpaired) electrons. The van der Waals surface area contributed by atoms with E-state index in [9.17, 15) is 9.59 Å². The van der Waals surface area contributed by atoms with Crippen molar-refractivity contribution in [2.75, 3.05) is 26.3 Å². The summed E-state index contributed by atoms with van der Waals surface area (Å²) in [5.74, 6) is 0.822. The summed E-state index contributed by atoms with van der Waals surface area (Å²) in [6.45, 7) is 12.6. The molecule has 202 valence electrons. The molecular formula is C29H40N2O6. The van der Waals surface area contributed by atoms with E-state index in [0.717, 1.165) is 49.7 Å². The van der Waals surface area contributed by atoms with Crippen LogP contribution in [0.25, 0.3) is 0 Å². The number of carbonyl (C=O) groups excluding carboxylic acids is 2. The highest BCUT2D eigenvalue weighted by Gasteiger charge is 2.33. The van der Waals surface area contributed by atoms with Crippen molar-refractivity contribution in [1.29, 1.82) is 0 Å². The van der Waals surface area contributed by atoms with Crippen LogP contribution < -0.4 is 20.1 Å². The summed E-state index contributed by atoms with van der Waals surface area (Å²) >= 11 is 0. The third-order valence-electron chi connectivity index (χ3n) is 7.10. The molecule has 0 spiro atoms. The SMILES string of the molecule is C=C(C)[C@@H]1CCC(C)=C[C@H]1c1c(OC(=O)NCC2CO2)cc(CCCCC)cc1OC(=O)NCC1CO1. The molecule has 0 bridgehead atoms. The number of benzene rings is 1. The largest absolute Gasteiger partial charge is 0.412 e. The van der Waals surface area contributed by atoms with E-state index in [4.69, 9.17) is 18.9 Å². The highest BCUT2D eigenvalue weighted by Crippen LogP contribution is 2.47. The Bertz CT molecular complexity index is 976. The summed E-state index contributed by atoms with van der Waals surface area (Å²) in [6, 6.07) is 3.85. The number of unbranched alkanes of at least 4 members (excludes halogenated alkanes) is 2. The lowest BCUT2D eigenvalue weighted by atomic mass is 9.73. The smallest absolute Gasteiger partial charge is 0.410 e. The number of ether oxygens (including phenoxy) is 4. The zero-order valence-corrected chi connectivity index (χ0v) is 22.3. The van der Waals surface area contributed by atoms with E-state index in [2.05, 4.69) is 37.1 Å². The minimum atomic E-state index is -0.549. The van der Waals surface area contributed by atoms with Gasteiger partial charge in [0.25, 0.3) is 0 Å². The summed E-state index contributed by atoms with van der Waals surface area (Å²) in [7, 11) is 0. The Balaban J connectivity index is 1.70. The van der Waals surface area contributed by atoms with Gasteiger partial charge in [0.15, 0.2) is 0 Å². The molecule has 2 saturated heterocycles. The van der Waals surface area contributed by atoms with Crippen molar-refractivity contribution in [2.24, 2.45) is 5.92 Å². The first-order chi connectivity index (χ1) is 17.8. The van der Waals surface area contributed by atoms with E-state index in [0.29, 0.717) is 43.4 Å². The number of amides is 2. The zero-order chi connectivity index (χ0) is 26.4. The van der Waals surface area contributed by atoms with Gasteiger partial charge < -0.3 is 29.6 Å². The van der Waals surface area contributed by atoms with Crippen LogP contribution in [0.15, 0.2) is 35.9 Å². The maximum Gasteiger partial charge on any atom is 0.412 e. The third-order valence-corrected chi connectivity index (χ3v) is 7.10. The lowest BCUT2D eigenvalue weighted by molar-refractivity contribution is 0.195. The summed E-state index contributed by atoms with van der Waals surface area (Å²) in [4.78, 5) is 25.6. The lowest BCUT2D eigenvalue weighted by Gasteiger charge is -2.32. The number of allylic oxidation sites excluding steroid dienone is 3. The van der Waals surface area contributed by atoms with Crippen LogP contribution in [0.2, 0.25) is 0 Å². The fourth-order valence-corrected chi connectivity index (χ4v) is 4.82. The van der Waals surface area contributed by atoms with Crippen LogP contribution in [0.1, 0.15) is 69.9 Å². The van der Waals surface area contributed by atoms with E-state index < -0.39 is 12.2 Å². The van der Waals surface area contributed by atoms with Gasteiger partial charge in [-0.3, -0.25) is 0 Å². The van der Waals surface area contributed by atoms with Crippen molar-refractivity contribution in [3.63, 3.8) is 0 Å². The first kappa shape index (κ1) is 27.2. The van der Waals surface area contributed by atoms with Gasteiger partial charge in [-0.05, 0) is 63.1 Å². The number of rotatable bonds is 12. The van der Waals surface area contributed by atoms with Gasteiger partial charge in [0.2, 0.25) is 0 Å². The average Bonchev–Trinajstić information content (AvgIpc) is 3.77. The monoisotopic (exact) mass is 512 g/mol. The molecule has 4 atom stereocenters. The minimum absolute atomic E-state index is 0.0437. The summed E-state index contributed by atoms with van der Waals surface area (Å²) in [5, 5.41) is 5.57. The van der Waals surface area contributed by atoms with Crippen LogP contribution in [0.3, 0.4) is 0 Å². The lowest BCUT2D eigenvalue weighted by Crippen LogP contribution is -2.32. The Labute approximate surface area is 219 Å². The summed E-state index contributed by atoms with van der Waals surface area (Å²) < 4.78 is 22.2. The van der Waals surface area contributed by atoms with Gasteiger partial charge >= 0.3 is 12.2 Å². The second kappa shape index (κ2) is 12.6. The number of hydrogen-bond acceptors (Lipinski definition) is 6. The van der Waals surface area contributed by atoms with E-state index >= 15 is 0 Å². The van der Waals surface area contributed by atoms with Gasteiger partial charge in [-0.25, -0.2) is 9.59 Å². The molecule has 1 aromatic rings. The Morgan fingerprint density at radius 1 is 1.03 bits per heavy atom. The van der Waals surface area contributed by atoms with E-state index in [1.54, 1.807) is 0 Å². The molecule has 2 N–H and O–H groups in total. The van der Waals surface area contributed by atoms with Gasteiger partial charge in [-0.15, -0.1) is 0 Å². The molecule has 0 saturated carbocycles. The minimum Gasteiger partial charge on any atom is -0.410 e. The van der Waals surface area contributed by atoms with Crippen LogP contribution in [0.4, 0.5) is 9.59 Å². The fraction of sp³-hybridized carbons (Fsp3) is 0.586. The van der Waals surface area contributed by atoms with Crippen LogP contribution in [-0.4, -0.2) is 50.7 Å². The van der Waals surface area contributed by atoms with Gasteiger partial charge in [0.1, 0.15) is 11.5 Å². The predicted octanol–water partition coefficient (Wildman–Crippen LogP) is 5.41. The first-order valence-corrected chi connectivity index (χ1v) is 13.5. The van der Waals surface area contributed by atoms with Crippen LogP contribution in [-0.2, 0) is 15.9 Å². The Kier molecular flexibility index (Phi) is 9.27. The molecule has 3 aliphatic rings. The van der Waals surface area contributed by atoms with E-state index in [-0.39, 0.29) is 24.0 Å². The third kappa shape index (κ3) is 8.07. The quantitative estimate of drug-likeness (QED) is 0.221. The summed E-state index contributed by atoms with van der Waals surface area (Å²) in [5.41, 5.74) is 3.95. The Morgan fingerprint density at radius 2 is 1.59 bits per heavy atom. The number of epoxide rings is 2. The van der Waals surface area contributed by atoms with Crippen molar-refractivity contribution in [3.8, 4) is 11.5 Å². The van der Waals surface area contributed by atoms with Gasteiger partial charge in [-0.2, -0.15) is 0 Å². The topological polar surface area (TPSA) is 102 Å². The number of aryl methyl sites for hydroxylation is 1. The standard InChI is InChI=1S/C29H40N2O6/c1-5-6-7-8-20-12-25(36-28(32)30-14-21-16-34-21)27(24-11-19(4)9-10-23(24)18(2)3)26(13-20)37-29(33)31-15-22-17-35-22/h11-13,21-24H,2,5-10,14-17H2,1,3-4H3,(H,30,32)(H,31,33)/t21?,22?,23-,24+/m0/s1. The van der Waals surface area contributed by atoms with Crippen LogP contribution in [0.5, 0.6) is 11.5 Å². The molecule has 8 nitrogen and oxygen atoms in total. The zero-order valence-electron chi connectivity index (χ0n) is 22.3. The maximum atomic E-state index is 12.8. The molecule has 1 aliphatic carbocycles. The van der Waals surface area contributed by atoms with Crippen molar-refractivity contribution in [1.82, 2.24) is 10.6 Å². The van der Waals surface area contributed by atoms with E-state index in [1.165, 1.54) is 5.57 Å². The Hall–Kier alpha value is -2.84. The van der Waals surface area contributed by atoms with Gasteiger partial charge in [0.05, 0.1) is 25.4 Å². The number of nitrogens with one attached hydrogen (secondary N) is 2. The highest BCUT2D eigenvalue weighted by atomic mass is 16.6. The second-order valence-electron chi connectivity index (χ2n) is 10.4. The van der Waals surface area contributed by atoms with Crippen LogP contribution in [0, 0.1) is 5.92 Å². The molecule has 37 heavy (non-hydrogen) atoms. The van der Waals surface area contributed by atoms with Crippen molar-refractivity contribution in [3.05, 3.63) is 47.1 Å². The molecule has 2 amide bonds. The normalized spacial score (nSPS) is 24.0. The molecule has 2 aliphatic heterocycles. The molecule has 2 fully saturated rings. The van der Waals surface area contributed by atoms with Gasteiger partial charge in [-0.1, -0.05) is 43.6 Å². The number of hydrogen-bond donors (Lipinski definition) is 2. The first-order valence-electron chi connectivity index (χ1n) is 13.5. The van der Waals surface area contributed by atoms with E-state index in [1.807, 2.05) is 19.1 Å². The second-order valence-corrected chi connectivity index (χ2v) is 10.4.